The molecule has 8 heteroatoms. The SMILES string of the molecule is CCNC(=O)C(C)Sc1nnc(-c2ccncc2)n1-c1ccc(OCC)cc1. The van der Waals surface area contributed by atoms with Gasteiger partial charge in [-0.2, -0.15) is 0 Å². The van der Waals surface area contributed by atoms with Gasteiger partial charge < -0.3 is 10.1 Å². The second kappa shape index (κ2) is 9.36. The summed E-state index contributed by atoms with van der Waals surface area (Å²) in [6, 6.07) is 11.5. The van der Waals surface area contributed by atoms with E-state index in [2.05, 4.69) is 20.5 Å². The summed E-state index contributed by atoms with van der Waals surface area (Å²) in [7, 11) is 0. The molecule has 1 atom stereocenters. The number of nitrogens with zero attached hydrogens (tertiary/aromatic N) is 4. The standard InChI is InChI=1S/C20H23N5O2S/c1-4-22-19(26)14(3)28-20-24-23-18(15-10-12-21-13-11-15)25(20)16-6-8-17(9-7-16)27-5-2/h6-14H,4-5H2,1-3H3,(H,22,26). The van der Waals surface area contributed by atoms with Crippen LogP contribution in [-0.4, -0.2) is 44.1 Å². The van der Waals surface area contributed by atoms with E-state index in [4.69, 9.17) is 4.74 Å². The van der Waals surface area contributed by atoms with Gasteiger partial charge >= 0.3 is 0 Å². The van der Waals surface area contributed by atoms with Gasteiger partial charge in [-0.15, -0.1) is 10.2 Å². The highest BCUT2D eigenvalue weighted by Crippen LogP contribution is 2.30. The van der Waals surface area contributed by atoms with Crippen LogP contribution in [-0.2, 0) is 4.79 Å². The van der Waals surface area contributed by atoms with Gasteiger partial charge in [0.05, 0.1) is 11.9 Å². The minimum absolute atomic E-state index is 0.0285. The highest BCUT2D eigenvalue weighted by Gasteiger charge is 2.21. The summed E-state index contributed by atoms with van der Waals surface area (Å²) in [6.45, 7) is 6.92. The lowest BCUT2D eigenvalue weighted by atomic mass is 10.2. The van der Waals surface area contributed by atoms with Crippen LogP contribution >= 0.6 is 11.8 Å². The molecule has 0 aliphatic carbocycles. The Morgan fingerprint density at radius 3 is 2.50 bits per heavy atom. The Morgan fingerprint density at radius 2 is 1.86 bits per heavy atom. The first-order chi connectivity index (χ1) is 13.6. The third kappa shape index (κ3) is 4.51. The largest absolute Gasteiger partial charge is 0.494 e. The fourth-order valence-electron chi connectivity index (χ4n) is 2.65. The van der Waals surface area contributed by atoms with E-state index in [9.17, 15) is 4.79 Å². The number of ether oxygens (including phenoxy) is 1. The van der Waals surface area contributed by atoms with Crippen LogP contribution in [0.15, 0.2) is 53.9 Å². The number of aromatic nitrogens is 4. The number of pyridine rings is 1. The Kier molecular flexibility index (Phi) is 6.65. The van der Waals surface area contributed by atoms with Crippen LogP contribution in [0, 0.1) is 0 Å². The van der Waals surface area contributed by atoms with Crippen LogP contribution in [0.2, 0.25) is 0 Å². The average molecular weight is 398 g/mol. The molecule has 2 aromatic heterocycles. The summed E-state index contributed by atoms with van der Waals surface area (Å²) < 4.78 is 7.49. The number of carbonyl (C=O) groups is 1. The van der Waals surface area contributed by atoms with Crippen LogP contribution in [0.4, 0.5) is 0 Å². The first-order valence-corrected chi connectivity index (χ1v) is 10.1. The molecule has 3 aromatic rings. The maximum Gasteiger partial charge on any atom is 0.233 e. The van der Waals surface area contributed by atoms with Gasteiger partial charge in [0.1, 0.15) is 5.75 Å². The van der Waals surface area contributed by atoms with E-state index < -0.39 is 0 Å². The summed E-state index contributed by atoms with van der Waals surface area (Å²) >= 11 is 1.37. The van der Waals surface area contributed by atoms with Crippen molar-refractivity contribution >= 4 is 17.7 Å². The molecule has 0 fully saturated rings. The van der Waals surface area contributed by atoms with Gasteiger partial charge in [0.15, 0.2) is 11.0 Å². The first kappa shape index (κ1) is 19.9. The minimum atomic E-state index is -0.295. The molecular weight excluding hydrogens is 374 g/mol. The van der Waals surface area contributed by atoms with E-state index in [-0.39, 0.29) is 11.2 Å². The van der Waals surface area contributed by atoms with Crippen molar-refractivity contribution in [3.8, 4) is 22.8 Å². The maximum absolute atomic E-state index is 12.2. The lowest BCUT2D eigenvalue weighted by Gasteiger charge is -2.14. The van der Waals surface area contributed by atoms with Gasteiger partial charge in [-0.25, -0.2) is 0 Å². The summed E-state index contributed by atoms with van der Waals surface area (Å²) in [4.78, 5) is 16.2. The molecular formula is C20H23N5O2S. The van der Waals surface area contributed by atoms with E-state index in [1.807, 2.05) is 61.7 Å². The molecule has 1 aromatic carbocycles. The summed E-state index contributed by atoms with van der Waals surface area (Å²) in [5, 5.41) is 11.9. The molecule has 1 unspecified atom stereocenters. The third-order valence-electron chi connectivity index (χ3n) is 3.98. The number of amides is 1. The van der Waals surface area contributed by atoms with Gasteiger partial charge in [0, 0.05) is 30.2 Å². The summed E-state index contributed by atoms with van der Waals surface area (Å²) in [5.41, 5.74) is 1.79. The normalized spacial score (nSPS) is 11.8. The zero-order valence-corrected chi connectivity index (χ0v) is 16.9. The summed E-state index contributed by atoms with van der Waals surface area (Å²) in [6.07, 6.45) is 3.44. The van der Waals surface area contributed by atoms with Gasteiger partial charge in [0.2, 0.25) is 5.91 Å². The highest BCUT2D eigenvalue weighted by molar-refractivity contribution is 8.00. The molecule has 1 amide bonds. The molecule has 3 rings (SSSR count). The van der Waals surface area contributed by atoms with E-state index >= 15 is 0 Å². The Morgan fingerprint density at radius 1 is 1.14 bits per heavy atom. The maximum atomic E-state index is 12.2. The van der Waals surface area contributed by atoms with Gasteiger partial charge in [-0.3, -0.25) is 14.3 Å². The monoisotopic (exact) mass is 397 g/mol. The molecule has 0 aliphatic heterocycles. The third-order valence-corrected chi connectivity index (χ3v) is 5.02. The lowest BCUT2D eigenvalue weighted by Crippen LogP contribution is -2.30. The number of hydrogen-bond donors (Lipinski definition) is 1. The van der Waals surface area contributed by atoms with Gasteiger partial charge in [-0.1, -0.05) is 11.8 Å². The second-order valence-corrected chi connectivity index (χ2v) is 7.27. The number of carbonyl (C=O) groups excluding carboxylic acids is 1. The predicted molar refractivity (Wildman–Crippen MR) is 110 cm³/mol. The quantitative estimate of drug-likeness (QED) is 0.587. The predicted octanol–water partition coefficient (Wildman–Crippen LogP) is 3.34. The zero-order valence-electron chi connectivity index (χ0n) is 16.1. The van der Waals surface area contributed by atoms with E-state index in [0.29, 0.717) is 24.1 Å². The van der Waals surface area contributed by atoms with Crippen molar-refractivity contribution in [3.05, 3.63) is 48.8 Å². The van der Waals surface area contributed by atoms with E-state index in [1.165, 1.54) is 11.8 Å². The van der Waals surface area contributed by atoms with Crippen molar-refractivity contribution < 1.29 is 9.53 Å². The highest BCUT2D eigenvalue weighted by atomic mass is 32.2. The number of nitrogens with one attached hydrogen (secondary N) is 1. The molecule has 0 aliphatic rings. The van der Waals surface area contributed by atoms with E-state index in [1.54, 1.807) is 12.4 Å². The molecule has 0 radical (unpaired) electrons. The van der Waals surface area contributed by atoms with Crippen molar-refractivity contribution in [2.24, 2.45) is 0 Å². The topological polar surface area (TPSA) is 81.9 Å². The number of benzene rings is 1. The smallest absolute Gasteiger partial charge is 0.233 e. The Balaban J connectivity index is 2.01. The Hall–Kier alpha value is -2.87. The van der Waals surface area contributed by atoms with Crippen molar-refractivity contribution in [1.29, 1.82) is 0 Å². The molecule has 1 N–H and O–H groups in total. The Bertz CT molecular complexity index is 912. The van der Waals surface area contributed by atoms with Crippen molar-refractivity contribution in [2.45, 2.75) is 31.2 Å². The second-order valence-electron chi connectivity index (χ2n) is 5.96. The van der Waals surface area contributed by atoms with Crippen LogP contribution < -0.4 is 10.1 Å². The molecule has 0 spiro atoms. The van der Waals surface area contributed by atoms with Crippen molar-refractivity contribution in [3.63, 3.8) is 0 Å². The molecule has 146 valence electrons. The van der Waals surface area contributed by atoms with Crippen molar-refractivity contribution in [2.75, 3.05) is 13.2 Å². The minimum Gasteiger partial charge on any atom is -0.494 e. The lowest BCUT2D eigenvalue weighted by molar-refractivity contribution is -0.120. The molecule has 0 bridgehead atoms. The zero-order chi connectivity index (χ0) is 19.9. The molecule has 7 nitrogen and oxygen atoms in total. The van der Waals surface area contributed by atoms with Gasteiger partial charge in [0.25, 0.3) is 0 Å². The van der Waals surface area contributed by atoms with Crippen molar-refractivity contribution in [1.82, 2.24) is 25.1 Å². The Labute approximate surface area is 168 Å². The van der Waals surface area contributed by atoms with Gasteiger partial charge in [-0.05, 0) is 57.2 Å². The van der Waals surface area contributed by atoms with Crippen LogP contribution in [0.3, 0.4) is 0 Å². The molecule has 0 saturated heterocycles. The van der Waals surface area contributed by atoms with Crippen LogP contribution in [0.1, 0.15) is 20.8 Å². The average Bonchev–Trinajstić information content (AvgIpc) is 3.13. The first-order valence-electron chi connectivity index (χ1n) is 9.17. The summed E-state index contributed by atoms with van der Waals surface area (Å²) in [5.74, 6) is 1.46. The molecule has 0 saturated carbocycles. The number of rotatable bonds is 8. The molecule has 28 heavy (non-hydrogen) atoms. The number of thioether (sulfide) groups is 1. The molecule has 2 heterocycles. The van der Waals surface area contributed by atoms with Crippen LogP contribution in [0.5, 0.6) is 5.75 Å². The number of hydrogen-bond acceptors (Lipinski definition) is 6. The fraction of sp³-hybridized carbons (Fsp3) is 0.300. The van der Waals surface area contributed by atoms with Crippen LogP contribution in [0.25, 0.3) is 17.1 Å². The fourth-order valence-corrected chi connectivity index (χ4v) is 3.55. The van der Waals surface area contributed by atoms with E-state index in [0.717, 1.165) is 17.0 Å².